The SMILES string of the molecule is ClCCl.O=Cc1cccc2c1CC(=CCCN1CCC(O)(c3ccc(Cl)cc3)CC1)c1cccnc1O2. The Morgan fingerprint density at radius 2 is 1.78 bits per heavy atom. The molecule has 0 atom stereocenters. The number of nitrogens with zero attached hydrogens (tertiary/aromatic N) is 2. The van der Waals surface area contributed by atoms with Crippen LogP contribution in [0.15, 0.2) is 66.9 Å². The van der Waals surface area contributed by atoms with E-state index < -0.39 is 5.60 Å². The molecule has 1 saturated heterocycles. The summed E-state index contributed by atoms with van der Waals surface area (Å²) < 4.78 is 6.09. The summed E-state index contributed by atoms with van der Waals surface area (Å²) in [4.78, 5) is 18.5. The molecule has 194 valence electrons. The van der Waals surface area contributed by atoms with Crippen molar-refractivity contribution < 1.29 is 14.6 Å². The van der Waals surface area contributed by atoms with Crippen molar-refractivity contribution in [3.63, 3.8) is 0 Å². The average molecular weight is 560 g/mol. The highest BCUT2D eigenvalue weighted by Gasteiger charge is 2.33. The molecule has 0 aliphatic carbocycles. The standard InChI is InChI=1S/C28H27ClN2O3.CH2Cl2/c29-23-10-8-22(9-11-23)28(33)12-16-31(17-13-28)15-3-5-20-18-25-21(19-32)4-1-7-26(25)34-27-24(20)6-2-14-30-27;2-1-3/h1-2,4-11,14,19,33H,3,12-13,15-18H2;1H2. The van der Waals surface area contributed by atoms with E-state index >= 15 is 0 Å². The number of ether oxygens (including phenoxy) is 1. The van der Waals surface area contributed by atoms with E-state index in [0.717, 1.165) is 54.6 Å². The maximum atomic E-state index is 11.6. The molecule has 1 N–H and O–H groups in total. The second-order valence-electron chi connectivity index (χ2n) is 9.08. The molecule has 0 radical (unpaired) electrons. The first-order valence-electron chi connectivity index (χ1n) is 12.2. The fraction of sp³-hybridized carbons (Fsp3) is 0.310. The number of likely N-dealkylation sites (tertiary alicyclic amines) is 1. The first-order valence-corrected chi connectivity index (χ1v) is 13.6. The third-order valence-electron chi connectivity index (χ3n) is 6.89. The lowest BCUT2D eigenvalue weighted by Gasteiger charge is -2.38. The number of alkyl halides is 2. The number of halogens is 3. The van der Waals surface area contributed by atoms with Gasteiger partial charge >= 0.3 is 0 Å². The molecule has 2 aliphatic heterocycles. The van der Waals surface area contributed by atoms with Crippen LogP contribution in [0.1, 0.15) is 46.3 Å². The maximum absolute atomic E-state index is 11.6. The average Bonchev–Trinajstić information content (AvgIpc) is 3.07. The molecule has 2 aromatic carbocycles. The Bertz CT molecular complexity index is 1240. The van der Waals surface area contributed by atoms with Gasteiger partial charge in [-0.15, -0.1) is 23.2 Å². The molecule has 5 nitrogen and oxygen atoms in total. The normalized spacial score (nSPS) is 17.5. The summed E-state index contributed by atoms with van der Waals surface area (Å²) in [5, 5.41) is 12.0. The van der Waals surface area contributed by atoms with Crippen LogP contribution < -0.4 is 4.74 Å². The van der Waals surface area contributed by atoms with Gasteiger partial charge in [0.05, 0.1) is 10.9 Å². The molecule has 0 unspecified atom stereocenters. The van der Waals surface area contributed by atoms with E-state index in [9.17, 15) is 9.90 Å². The summed E-state index contributed by atoms with van der Waals surface area (Å²) >= 11 is 15.5. The topological polar surface area (TPSA) is 62.7 Å². The summed E-state index contributed by atoms with van der Waals surface area (Å²) in [6.45, 7) is 2.57. The van der Waals surface area contributed by atoms with Gasteiger partial charge in [0.15, 0.2) is 0 Å². The minimum Gasteiger partial charge on any atom is -0.438 e. The Hall–Kier alpha value is -2.41. The van der Waals surface area contributed by atoms with E-state index in [-0.39, 0.29) is 5.34 Å². The van der Waals surface area contributed by atoms with E-state index in [0.29, 0.717) is 41.5 Å². The number of piperidine rings is 1. The number of rotatable bonds is 5. The Kier molecular flexibility index (Phi) is 9.63. The van der Waals surface area contributed by atoms with Crippen molar-refractivity contribution in [1.82, 2.24) is 9.88 Å². The Balaban J connectivity index is 0.00000102. The summed E-state index contributed by atoms with van der Waals surface area (Å²) in [6.07, 6.45) is 7.73. The fourth-order valence-corrected chi connectivity index (χ4v) is 5.01. The lowest BCUT2D eigenvalue weighted by molar-refractivity contribution is -0.0254. The van der Waals surface area contributed by atoms with Gasteiger partial charge in [-0.3, -0.25) is 4.79 Å². The molecule has 3 aromatic rings. The van der Waals surface area contributed by atoms with E-state index in [4.69, 9.17) is 39.5 Å². The largest absolute Gasteiger partial charge is 0.438 e. The van der Waals surface area contributed by atoms with Crippen molar-refractivity contribution in [1.29, 1.82) is 0 Å². The van der Waals surface area contributed by atoms with Gasteiger partial charge in [0.2, 0.25) is 5.88 Å². The summed E-state index contributed by atoms with van der Waals surface area (Å²) in [6, 6.07) is 17.0. The smallest absolute Gasteiger partial charge is 0.226 e. The van der Waals surface area contributed by atoms with Crippen molar-refractivity contribution in [2.24, 2.45) is 0 Å². The number of aldehydes is 1. The highest BCUT2D eigenvalue weighted by Crippen LogP contribution is 2.39. The molecule has 37 heavy (non-hydrogen) atoms. The van der Waals surface area contributed by atoms with Gasteiger partial charge in [-0.05, 0) is 60.7 Å². The minimum atomic E-state index is -0.794. The van der Waals surface area contributed by atoms with Gasteiger partial charge in [-0.25, -0.2) is 4.98 Å². The van der Waals surface area contributed by atoms with Gasteiger partial charge in [0.25, 0.3) is 0 Å². The predicted molar refractivity (Wildman–Crippen MR) is 150 cm³/mol. The van der Waals surface area contributed by atoms with Crippen molar-refractivity contribution >= 4 is 46.7 Å². The van der Waals surface area contributed by atoms with Gasteiger partial charge in [0.1, 0.15) is 12.0 Å². The highest BCUT2D eigenvalue weighted by molar-refractivity contribution is 6.40. The molecule has 0 bridgehead atoms. The molecule has 1 fully saturated rings. The summed E-state index contributed by atoms with van der Waals surface area (Å²) in [7, 11) is 0. The fourth-order valence-electron chi connectivity index (χ4n) is 4.88. The number of fused-ring (bicyclic) bond motifs is 2. The molecule has 0 amide bonds. The van der Waals surface area contributed by atoms with E-state index in [1.807, 2.05) is 54.6 Å². The lowest BCUT2D eigenvalue weighted by atomic mass is 9.84. The second kappa shape index (κ2) is 12.9. The van der Waals surface area contributed by atoms with Crippen LogP contribution in [0, 0.1) is 0 Å². The van der Waals surface area contributed by atoms with Crippen LogP contribution in [-0.2, 0) is 12.0 Å². The first kappa shape index (κ1) is 27.6. The third-order valence-corrected chi connectivity index (χ3v) is 7.14. The van der Waals surface area contributed by atoms with Crippen LogP contribution in [0.2, 0.25) is 5.02 Å². The van der Waals surface area contributed by atoms with Gasteiger partial charge in [-0.2, -0.15) is 0 Å². The van der Waals surface area contributed by atoms with Crippen LogP contribution in [0.4, 0.5) is 0 Å². The van der Waals surface area contributed by atoms with Gasteiger partial charge in [0, 0.05) is 54.0 Å². The summed E-state index contributed by atoms with van der Waals surface area (Å²) in [5.74, 6) is 1.26. The van der Waals surface area contributed by atoms with Crippen LogP contribution >= 0.6 is 34.8 Å². The quantitative estimate of drug-likeness (QED) is 0.267. The molecule has 0 saturated carbocycles. The summed E-state index contributed by atoms with van der Waals surface area (Å²) in [5.41, 5.74) is 3.77. The minimum absolute atomic E-state index is 0.194. The van der Waals surface area contributed by atoms with Gasteiger partial charge < -0.3 is 14.7 Å². The van der Waals surface area contributed by atoms with Crippen LogP contribution in [0.25, 0.3) is 5.57 Å². The monoisotopic (exact) mass is 558 g/mol. The number of hydrogen-bond donors (Lipinski definition) is 1. The number of hydrogen-bond acceptors (Lipinski definition) is 5. The van der Waals surface area contributed by atoms with Crippen molar-refractivity contribution in [2.45, 2.75) is 31.3 Å². The van der Waals surface area contributed by atoms with Crippen LogP contribution in [-0.4, -0.2) is 46.3 Å². The van der Waals surface area contributed by atoms with Crippen molar-refractivity contribution in [2.75, 3.05) is 25.0 Å². The number of benzene rings is 2. The Morgan fingerprint density at radius 3 is 2.49 bits per heavy atom. The number of aromatic nitrogens is 1. The van der Waals surface area contributed by atoms with Gasteiger partial charge in [-0.1, -0.05) is 41.9 Å². The van der Waals surface area contributed by atoms with Crippen molar-refractivity contribution in [3.8, 4) is 11.6 Å². The molecule has 2 aliphatic rings. The Labute approximate surface area is 232 Å². The Morgan fingerprint density at radius 1 is 1.05 bits per heavy atom. The number of allylic oxidation sites excluding steroid dienone is 1. The molecule has 5 rings (SSSR count). The number of aliphatic hydroxyl groups is 1. The van der Waals surface area contributed by atoms with E-state index in [2.05, 4.69) is 16.0 Å². The molecule has 1 aromatic heterocycles. The highest BCUT2D eigenvalue weighted by atomic mass is 35.5. The molecular formula is C29H29Cl3N2O3. The van der Waals surface area contributed by atoms with Crippen LogP contribution in [0.5, 0.6) is 11.6 Å². The number of pyridine rings is 1. The van der Waals surface area contributed by atoms with Crippen LogP contribution in [0.3, 0.4) is 0 Å². The van der Waals surface area contributed by atoms with Crippen molar-refractivity contribution in [3.05, 3.63) is 94.1 Å². The zero-order chi connectivity index (χ0) is 26.3. The number of carbonyl (C=O) groups excluding carboxylic acids is 1. The molecule has 0 spiro atoms. The lowest BCUT2D eigenvalue weighted by Crippen LogP contribution is -2.42. The molecular weight excluding hydrogens is 531 g/mol. The maximum Gasteiger partial charge on any atom is 0.226 e. The third kappa shape index (κ3) is 6.73. The second-order valence-corrected chi connectivity index (χ2v) is 10.3. The number of carbonyl (C=O) groups is 1. The molecule has 8 heteroatoms. The zero-order valence-corrected chi connectivity index (χ0v) is 22.6. The predicted octanol–water partition coefficient (Wildman–Crippen LogP) is 7.07. The zero-order valence-electron chi connectivity index (χ0n) is 20.4. The van der Waals surface area contributed by atoms with E-state index in [1.54, 1.807) is 6.20 Å². The molecule has 3 heterocycles. The van der Waals surface area contributed by atoms with E-state index in [1.165, 1.54) is 0 Å². The first-order chi connectivity index (χ1) is 18.0.